The molecule has 14 heavy (non-hydrogen) atoms. The number of hydrogen-bond donors (Lipinski definition) is 2. The summed E-state index contributed by atoms with van der Waals surface area (Å²) in [6.45, 7) is 2.00. The third kappa shape index (κ3) is 3.36. The van der Waals surface area contributed by atoms with Crippen molar-refractivity contribution in [2.24, 2.45) is 0 Å². The van der Waals surface area contributed by atoms with Crippen molar-refractivity contribution in [1.82, 2.24) is 0 Å². The Kier molecular flexibility index (Phi) is 4.51. The summed E-state index contributed by atoms with van der Waals surface area (Å²) in [5, 5.41) is 9.64. The van der Waals surface area contributed by atoms with Crippen LogP contribution in [0.15, 0.2) is 30.3 Å². The topological polar surface area (TPSA) is 20.2 Å². The van der Waals surface area contributed by atoms with Gasteiger partial charge in [-0.25, -0.2) is 0 Å². The maximum Gasteiger partial charge on any atom is 0.124 e. The number of aliphatic hydroxyl groups excluding tert-OH is 1. The fraction of sp³-hybridized carbons (Fsp3) is 0.100. The number of thiol groups is 1. The number of aryl methyl sites for hydroxylation is 1. The zero-order chi connectivity index (χ0) is 10.6. The second-order valence-electron chi connectivity index (χ2n) is 2.81. The van der Waals surface area contributed by atoms with Crippen LogP contribution in [0.3, 0.4) is 0 Å². The highest BCUT2D eigenvalue weighted by Crippen LogP contribution is 2.16. The summed E-state index contributed by atoms with van der Waals surface area (Å²) in [7, 11) is 1.14. The summed E-state index contributed by atoms with van der Waals surface area (Å²) >= 11 is 8.85. The third-order valence-electron chi connectivity index (χ3n) is 1.69. The highest BCUT2D eigenvalue weighted by molar-refractivity contribution is 8.76. The van der Waals surface area contributed by atoms with Crippen LogP contribution in [0.1, 0.15) is 11.1 Å². The molecule has 1 N–H and O–H groups in total. The molecule has 0 fully saturated rings. The van der Waals surface area contributed by atoms with Crippen molar-refractivity contribution >= 4 is 44.6 Å². The molecule has 1 nitrogen and oxygen atoms in total. The van der Waals surface area contributed by atoms with Crippen LogP contribution in [0.5, 0.6) is 0 Å². The van der Waals surface area contributed by atoms with E-state index in [0.29, 0.717) is 4.20 Å². The Hall–Kier alpha value is -0.450. The quantitative estimate of drug-likeness (QED) is 0.271. The van der Waals surface area contributed by atoms with Gasteiger partial charge in [0.2, 0.25) is 0 Å². The molecule has 0 aliphatic carbocycles. The molecule has 0 aromatic heterocycles. The van der Waals surface area contributed by atoms with Crippen LogP contribution in [0.2, 0.25) is 0 Å². The predicted molar refractivity (Wildman–Crippen MR) is 71.0 cm³/mol. The standard InChI is InChI=1S/C10H10OS3/c1-7-2-4-8(5-3-7)9(11)6-10(12)14-13/h2-6,11,13H,1H3/b9-6+. The van der Waals surface area contributed by atoms with Gasteiger partial charge in [0.25, 0.3) is 0 Å². The fourth-order valence-corrected chi connectivity index (χ4v) is 1.38. The summed E-state index contributed by atoms with van der Waals surface area (Å²) in [5.41, 5.74) is 1.92. The summed E-state index contributed by atoms with van der Waals surface area (Å²) in [6.07, 6.45) is 1.53. The Balaban J connectivity index is 2.89. The first-order valence-corrected chi connectivity index (χ1v) is 6.24. The van der Waals surface area contributed by atoms with Crippen LogP contribution in [0, 0.1) is 6.92 Å². The highest BCUT2D eigenvalue weighted by Gasteiger charge is 1.99. The van der Waals surface area contributed by atoms with E-state index in [1.807, 2.05) is 31.2 Å². The van der Waals surface area contributed by atoms with Crippen LogP contribution >= 0.6 is 34.7 Å². The van der Waals surface area contributed by atoms with Gasteiger partial charge in [-0.15, -0.1) is 11.7 Å². The van der Waals surface area contributed by atoms with Gasteiger partial charge in [0.15, 0.2) is 0 Å². The average molecular weight is 242 g/mol. The Labute approximate surface area is 98.0 Å². The first-order valence-electron chi connectivity index (χ1n) is 3.96. The highest BCUT2D eigenvalue weighted by atomic mass is 33.1. The first-order chi connectivity index (χ1) is 6.63. The summed E-state index contributed by atoms with van der Waals surface area (Å²) in [5.74, 6) is 0.177. The number of benzene rings is 1. The maximum atomic E-state index is 9.64. The van der Waals surface area contributed by atoms with Crippen molar-refractivity contribution in [2.45, 2.75) is 6.92 Å². The van der Waals surface area contributed by atoms with Crippen molar-refractivity contribution in [3.8, 4) is 0 Å². The van der Waals surface area contributed by atoms with E-state index < -0.39 is 0 Å². The minimum absolute atomic E-state index is 0.177. The largest absolute Gasteiger partial charge is 0.507 e. The molecule has 0 heterocycles. The third-order valence-corrected chi connectivity index (χ3v) is 3.32. The van der Waals surface area contributed by atoms with E-state index in [2.05, 4.69) is 11.7 Å². The lowest BCUT2D eigenvalue weighted by molar-refractivity contribution is 0.512. The first kappa shape index (κ1) is 11.6. The van der Waals surface area contributed by atoms with Gasteiger partial charge in [-0.2, -0.15) is 0 Å². The van der Waals surface area contributed by atoms with Crippen LogP contribution < -0.4 is 0 Å². The van der Waals surface area contributed by atoms with Crippen molar-refractivity contribution < 1.29 is 5.11 Å². The molecule has 0 unspecified atom stereocenters. The van der Waals surface area contributed by atoms with Gasteiger partial charge < -0.3 is 5.11 Å². The molecule has 1 aromatic rings. The van der Waals surface area contributed by atoms with E-state index in [-0.39, 0.29) is 5.76 Å². The van der Waals surface area contributed by atoms with Gasteiger partial charge in [-0.05, 0) is 17.7 Å². The van der Waals surface area contributed by atoms with Gasteiger partial charge >= 0.3 is 0 Å². The molecular formula is C10H10OS3. The molecule has 0 saturated carbocycles. The van der Waals surface area contributed by atoms with Crippen LogP contribution in [0.25, 0.3) is 5.76 Å². The smallest absolute Gasteiger partial charge is 0.124 e. The molecule has 0 amide bonds. The SMILES string of the molecule is Cc1ccc(/C(O)=C\C(=S)SS)cc1. The molecule has 0 radical (unpaired) electrons. The lowest BCUT2D eigenvalue weighted by Crippen LogP contribution is -1.86. The molecule has 0 aliphatic rings. The fourth-order valence-electron chi connectivity index (χ4n) is 0.946. The van der Waals surface area contributed by atoms with Crippen molar-refractivity contribution in [2.75, 3.05) is 0 Å². The Morgan fingerprint density at radius 3 is 2.50 bits per heavy atom. The zero-order valence-electron chi connectivity index (χ0n) is 7.60. The molecule has 74 valence electrons. The van der Waals surface area contributed by atoms with Crippen molar-refractivity contribution in [1.29, 1.82) is 0 Å². The van der Waals surface area contributed by atoms with Gasteiger partial charge in [-0.3, -0.25) is 0 Å². The summed E-state index contributed by atoms with van der Waals surface area (Å²) in [6, 6.07) is 7.59. The molecule has 0 atom stereocenters. The number of aliphatic hydroxyl groups is 1. The van der Waals surface area contributed by atoms with Crippen LogP contribution in [-0.4, -0.2) is 9.30 Å². The van der Waals surface area contributed by atoms with Gasteiger partial charge in [-0.1, -0.05) is 42.0 Å². The van der Waals surface area contributed by atoms with Gasteiger partial charge in [0.05, 0.1) is 4.20 Å². The van der Waals surface area contributed by atoms with E-state index in [4.69, 9.17) is 12.2 Å². The summed E-state index contributed by atoms with van der Waals surface area (Å²) < 4.78 is 0.548. The molecule has 0 bridgehead atoms. The minimum Gasteiger partial charge on any atom is -0.507 e. The molecule has 0 aliphatic heterocycles. The second kappa shape index (κ2) is 5.44. The second-order valence-corrected chi connectivity index (χ2v) is 4.67. The molecular weight excluding hydrogens is 232 g/mol. The van der Waals surface area contributed by atoms with E-state index in [1.54, 1.807) is 0 Å². The normalized spacial score (nSPS) is 11.4. The molecule has 1 rings (SSSR count). The van der Waals surface area contributed by atoms with Crippen LogP contribution in [0.4, 0.5) is 0 Å². The zero-order valence-corrected chi connectivity index (χ0v) is 10.1. The molecule has 0 spiro atoms. The monoisotopic (exact) mass is 242 g/mol. The lowest BCUT2D eigenvalue weighted by atomic mass is 10.1. The maximum absolute atomic E-state index is 9.64. The number of hydrogen-bond acceptors (Lipinski definition) is 4. The van der Waals surface area contributed by atoms with Crippen LogP contribution in [-0.2, 0) is 0 Å². The van der Waals surface area contributed by atoms with E-state index in [1.165, 1.54) is 6.08 Å². The van der Waals surface area contributed by atoms with E-state index in [9.17, 15) is 5.11 Å². The minimum atomic E-state index is 0.177. The van der Waals surface area contributed by atoms with Crippen molar-refractivity contribution in [3.05, 3.63) is 41.5 Å². The lowest BCUT2D eigenvalue weighted by Gasteiger charge is -2.00. The summed E-state index contributed by atoms with van der Waals surface area (Å²) in [4.78, 5) is 0. The number of rotatable bonds is 2. The van der Waals surface area contributed by atoms with Gasteiger partial charge in [0.1, 0.15) is 5.76 Å². The Bertz CT molecular complexity index is 354. The van der Waals surface area contributed by atoms with E-state index >= 15 is 0 Å². The van der Waals surface area contributed by atoms with Crippen molar-refractivity contribution in [3.63, 3.8) is 0 Å². The predicted octanol–water partition coefficient (Wildman–Crippen LogP) is 3.80. The van der Waals surface area contributed by atoms with E-state index in [0.717, 1.165) is 21.9 Å². The molecule has 0 saturated heterocycles. The Morgan fingerprint density at radius 1 is 1.43 bits per heavy atom. The molecule has 1 aromatic carbocycles. The number of thiocarbonyl (C=S) groups is 1. The van der Waals surface area contributed by atoms with Gasteiger partial charge in [0, 0.05) is 11.6 Å². The molecule has 4 heteroatoms. The Morgan fingerprint density at radius 2 is 2.00 bits per heavy atom. The average Bonchev–Trinajstić information content (AvgIpc) is 2.18.